The second-order valence-electron chi connectivity index (χ2n) is 2.70. The van der Waals surface area contributed by atoms with Gasteiger partial charge in [0.25, 0.3) is 0 Å². The summed E-state index contributed by atoms with van der Waals surface area (Å²) in [5, 5.41) is 18.1. The molecule has 4 nitrogen and oxygen atoms in total. The minimum atomic E-state index is -0.453. The molecule has 0 aliphatic carbocycles. The first-order chi connectivity index (χ1) is 6.29. The molecule has 1 unspecified atom stereocenters. The molecule has 1 aromatic carbocycles. The van der Waals surface area contributed by atoms with Crippen molar-refractivity contribution in [2.24, 2.45) is 5.90 Å². The van der Waals surface area contributed by atoms with Crippen molar-refractivity contribution in [1.29, 1.82) is 0 Å². The van der Waals surface area contributed by atoms with E-state index in [9.17, 15) is 5.11 Å². The molecule has 0 fully saturated rings. The van der Waals surface area contributed by atoms with Gasteiger partial charge >= 0.3 is 0 Å². The van der Waals surface area contributed by atoms with E-state index in [4.69, 9.17) is 11.0 Å². The number of nitrogens with two attached hydrogens (primary N) is 1. The number of rotatable bonds is 4. The van der Waals surface area contributed by atoms with Crippen LogP contribution in [0.15, 0.2) is 24.3 Å². The summed E-state index contributed by atoms with van der Waals surface area (Å²) < 4.78 is 0. The van der Waals surface area contributed by atoms with E-state index in [-0.39, 0.29) is 12.4 Å². The standard InChI is InChI=1S/C9H13NO3/c10-13-9(5-6-11)7-3-1-2-4-8(7)12/h1-4,9,11-12H,5-6,10H2. The van der Waals surface area contributed by atoms with Crippen LogP contribution < -0.4 is 5.90 Å². The Kier molecular flexibility index (Phi) is 3.70. The number of benzene rings is 1. The Morgan fingerprint density at radius 1 is 1.38 bits per heavy atom. The van der Waals surface area contributed by atoms with Gasteiger partial charge in [0, 0.05) is 18.6 Å². The number of aromatic hydroxyl groups is 1. The van der Waals surface area contributed by atoms with Crippen LogP contribution in [-0.4, -0.2) is 16.8 Å². The molecule has 4 N–H and O–H groups in total. The van der Waals surface area contributed by atoms with Crippen LogP contribution in [0.3, 0.4) is 0 Å². The van der Waals surface area contributed by atoms with Crippen LogP contribution in [0, 0.1) is 0 Å². The highest BCUT2D eigenvalue weighted by Crippen LogP contribution is 2.27. The van der Waals surface area contributed by atoms with Crippen LogP contribution in [-0.2, 0) is 4.84 Å². The van der Waals surface area contributed by atoms with Gasteiger partial charge in [-0.05, 0) is 6.07 Å². The molecule has 0 aromatic heterocycles. The van der Waals surface area contributed by atoms with Crippen molar-refractivity contribution in [3.8, 4) is 5.75 Å². The summed E-state index contributed by atoms with van der Waals surface area (Å²) in [5.41, 5.74) is 0.596. The van der Waals surface area contributed by atoms with Gasteiger partial charge in [0.2, 0.25) is 0 Å². The number of aliphatic hydroxyl groups excluding tert-OH is 1. The number of aliphatic hydroxyl groups is 1. The highest BCUT2D eigenvalue weighted by Gasteiger charge is 2.13. The number of phenols is 1. The third-order valence-corrected chi connectivity index (χ3v) is 1.84. The topological polar surface area (TPSA) is 75.7 Å². The maximum absolute atomic E-state index is 9.42. The zero-order valence-corrected chi connectivity index (χ0v) is 7.18. The summed E-state index contributed by atoms with van der Waals surface area (Å²) in [6, 6.07) is 6.76. The molecule has 1 rings (SSSR count). The number of hydrogen-bond donors (Lipinski definition) is 3. The average Bonchev–Trinajstić information content (AvgIpc) is 2.16. The van der Waals surface area contributed by atoms with Crippen molar-refractivity contribution in [2.45, 2.75) is 12.5 Å². The summed E-state index contributed by atoms with van der Waals surface area (Å²) in [6.07, 6.45) is -0.0835. The maximum atomic E-state index is 9.42. The van der Waals surface area contributed by atoms with E-state index < -0.39 is 6.10 Å². The second kappa shape index (κ2) is 4.81. The second-order valence-corrected chi connectivity index (χ2v) is 2.70. The first-order valence-corrected chi connectivity index (χ1v) is 4.04. The Morgan fingerprint density at radius 2 is 2.08 bits per heavy atom. The predicted molar refractivity (Wildman–Crippen MR) is 47.8 cm³/mol. The van der Waals surface area contributed by atoms with Gasteiger partial charge in [-0.2, -0.15) is 0 Å². The predicted octanol–water partition coefficient (Wildman–Crippen LogP) is 0.706. The molecule has 0 aliphatic rings. The molecule has 1 atom stereocenters. The molecule has 4 heteroatoms. The van der Waals surface area contributed by atoms with E-state index in [1.165, 1.54) is 0 Å². The molecule has 0 heterocycles. The Morgan fingerprint density at radius 3 is 2.62 bits per heavy atom. The summed E-state index contributed by atoms with van der Waals surface area (Å²) in [5.74, 6) is 5.17. The lowest BCUT2D eigenvalue weighted by Crippen LogP contribution is -2.11. The normalized spacial score (nSPS) is 12.8. The Hall–Kier alpha value is -1.10. The first-order valence-electron chi connectivity index (χ1n) is 4.04. The van der Waals surface area contributed by atoms with Gasteiger partial charge in [0.15, 0.2) is 0 Å². The summed E-state index contributed by atoms with van der Waals surface area (Å²) in [7, 11) is 0. The molecule has 0 amide bonds. The fourth-order valence-electron chi connectivity index (χ4n) is 1.17. The summed E-state index contributed by atoms with van der Waals surface area (Å²) in [6.45, 7) is -0.0315. The minimum Gasteiger partial charge on any atom is -0.508 e. The molecule has 0 radical (unpaired) electrons. The zero-order chi connectivity index (χ0) is 9.68. The van der Waals surface area contributed by atoms with Crippen molar-refractivity contribution >= 4 is 0 Å². The Balaban J connectivity index is 2.84. The van der Waals surface area contributed by atoms with Crippen molar-refractivity contribution < 1.29 is 15.1 Å². The third kappa shape index (κ3) is 2.42. The highest BCUT2D eigenvalue weighted by molar-refractivity contribution is 5.33. The van der Waals surface area contributed by atoms with E-state index >= 15 is 0 Å². The van der Waals surface area contributed by atoms with E-state index in [1.54, 1.807) is 24.3 Å². The maximum Gasteiger partial charge on any atom is 0.121 e. The molecular weight excluding hydrogens is 170 g/mol. The van der Waals surface area contributed by atoms with Crippen molar-refractivity contribution in [3.05, 3.63) is 29.8 Å². The van der Waals surface area contributed by atoms with E-state index in [1.807, 2.05) is 0 Å². The molecule has 0 spiro atoms. The lowest BCUT2D eigenvalue weighted by atomic mass is 10.1. The Bertz CT molecular complexity index is 265. The van der Waals surface area contributed by atoms with Crippen LogP contribution in [0.1, 0.15) is 18.1 Å². The SMILES string of the molecule is NOC(CCO)c1ccccc1O. The first kappa shape index (κ1) is 9.98. The molecule has 72 valence electrons. The number of hydrogen-bond acceptors (Lipinski definition) is 4. The lowest BCUT2D eigenvalue weighted by Gasteiger charge is -2.14. The smallest absolute Gasteiger partial charge is 0.121 e. The molecule has 0 bridgehead atoms. The molecular formula is C9H13NO3. The van der Waals surface area contributed by atoms with Crippen molar-refractivity contribution in [1.82, 2.24) is 0 Å². The molecule has 13 heavy (non-hydrogen) atoms. The van der Waals surface area contributed by atoms with Gasteiger partial charge in [-0.25, -0.2) is 5.90 Å². The fraction of sp³-hybridized carbons (Fsp3) is 0.333. The largest absolute Gasteiger partial charge is 0.508 e. The van der Waals surface area contributed by atoms with Crippen molar-refractivity contribution in [2.75, 3.05) is 6.61 Å². The van der Waals surface area contributed by atoms with Crippen LogP contribution in [0.25, 0.3) is 0 Å². The van der Waals surface area contributed by atoms with Gasteiger partial charge in [0.05, 0.1) is 0 Å². The van der Waals surface area contributed by atoms with Crippen LogP contribution in [0.2, 0.25) is 0 Å². The van der Waals surface area contributed by atoms with Gasteiger partial charge in [0.1, 0.15) is 11.9 Å². The molecule has 1 aromatic rings. The van der Waals surface area contributed by atoms with Gasteiger partial charge in [-0.15, -0.1) is 0 Å². The van der Waals surface area contributed by atoms with E-state index in [2.05, 4.69) is 4.84 Å². The zero-order valence-electron chi connectivity index (χ0n) is 7.18. The third-order valence-electron chi connectivity index (χ3n) is 1.84. The minimum absolute atomic E-state index is 0.0315. The van der Waals surface area contributed by atoms with Gasteiger partial charge in [-0.3, -0.25) is 4.84 Å². The van der Waals surface area contributed by atoms with Crippen LogP contribution in [0.5, 0.6) is 5.75 Å². The van der Waals surface area contributed by atoms with Crippen LogP contribution in [0.4, 0.5) is 0 Å². The number of phenolic OH excluding ortho intramolecular Hbond substituents is 1. The summed E-state index contributed by atoms with van der Waals surface area (Å²) in [4.78, 5) is 4.64. The van der Waals surface area contributed by atoms with Crippen LogP contribution >= 0.6 is 0 Å². The lowest BCUT2D eigenvalue weighted by molar-refractivity contribution is 0.0327. The molecule has 0 aliphatic heterocycles. The number of para-hydroxylation sites is 1. The molecule has 0 saturated heterocycles. The average molecular weight is 183 g/mol. The monoisotopic (exact) mass is 183 g/mol. The molecule has 0 saturated carbocycles. The highest BCUT2D eigenvalue weighted by atomic mass is 16.6. The quantitative estimate of drug-likeness (QED) is 0.601. The Labute approximate surface area is 76.5 Å². The van der Waals surface area contributed by atoms with Gasteiger partial charge in [-0.1, -0.05) is 18.2 Å². The summed E-state index contributed by atoms with van der Waals surface area (Å²) >= 11 is 0. The van der Waals surface area contributed by atoms with Gasteiger partial charge < -0.3 is 10.2 Å². The van der Waals surface area contributed by atoms with E-state index in [0.29, 0.717) is 12.0 Å². The fourth-order valence-corrected chi connectivity index (χ4v) is 1.17. The van der Waals surface area contributed by atoms with Crippen molar-refractivity contribution in [3.63, 3.8) is 0 Å². The van der Waals surface area contributed by atoms with E-state index in [0.717, 1.165) is 0 Å².